The molecule has 0 spiro atoms. The van der Waals surface area contributed by atoms with Gasteiger partial charge in [0.15, 0.2) is 0 Å². The van der Waals surface area contributed by atoms with Gasteiger partial charge < -0.3 is 0 Å². The quantitative estimate of drug-likeness (QED) is 0.282. The van der Waals surface area contributed by atoms with Gasteiger partial charge in [0.1, 0.15) is 0 Å². The molecule has 0 unspecified atom stereocenters. The maximum absolute atomic E-state index is 4.96. The number of benzene rings is 4. The lowest BCUT2D eigenvalue weighted by Gasteiger charge is -2.10. The summed E-state index contributed by atoms with van der Waals surface area (Å²) in [6.45, 7) is 0. The SMILES string of the molecule is C(#Cc1ccc(-c2cc(-c3ccccc3)nc(-c3ccccc3)c2)cc1)c1ccccc1. The Hall–Kier alpha value is -4.41. The van der Waals surface area contributed by atoms with E-state index in [2.05, 4.69) is 72.5 Å². The van der Waals surface area contributed by atoms with E-state index in [4.69, 9.17) is 4.98 Å². The Morgan fingerprint density at radius 1 is 0.375 bits per heavy atom. The van der Waals surface area contributed by atoms with Crippen molar-refractivity contribution in [1.29, 1.82) is 0 Å². The van der Waals surface area contributed by atoms with Gasteiger partial charge in [0.2, 0.25) is 0 Å². The first-order chi connectivity index (χ1) is 15.8. The summed E-state index contributed by atoms with van der Waals surface area (Å²) in [5.74, 6) is 6.47. The molecule has 1 heterocycles. The highest BCUT2D eigenvalue weighted by molar-refractivity contribution is 5.76. The molecule has 0 aliphatic carbocycles. The molecule has 4 aromatic carbocycles. The van der Waals surface area contributed by atoms with Gasteiger partial charge in [0.25, 0.3) is 0 Å². The lowest BCUT2D eigenvalue weighted by atomic mass is 9.99. The fourth-order valence-corrected chi connectivity index (χ4v) is 3.62. The van der Waals surface area contributed by atoms with Gasteiger partial charge in [0, 0.05) is 22.3 Å². The van der Waals surface area contributed by atoms with Gasteiger partial charge >= 0.3 is 0 Å². The second-order valence-corrected chi connectivity index (χ2v) is 7.55. The predicted octanol–water partition coefficient (Wildman–Crippen LogP) is 7.48. The minimum absolute atomic E-state index is 0.967. The Morgan fingerprint density at radius 2 is 0.812 bits per heavy atom. The first kappa shape index (κ1) is 19.5. The van der Waals surface area contributed by atoms with E-state index in [1.54, 1.807) is 0 Å². The Morgan fingerprint density at radius 3 is 1.31 bits per heavy atom. The molecular weight excluding hydrogens is 386 g/mol. The van der Waals surface area contributed by atoms with Crippen molar-refractivity contribution in [2.45, 2.75) is 0 Å². The summed E-state index contributed by atoms with van der Waals surface area (Å²) in [5.41, 5.74) is 8.45. The van der Waals surface area contributed by atoms with Crippen molar-refractivity contribution < 1.29 is 0 Å². The Bertz CT molecular complexity index is 1320. The highest BCUT2D eigenvalue weighted by Crippen LogP contribution is 2.30. The first-order valence-electron chi connectivity index (χ1n) is 10.7. The second kappa shape index (κ2) is 9.16. The lowest BCUT2D eigenvalue weighted by Crippen LogP contribution is -1.91. The smallest absolute Gasteiger partial charge is 0.0715 e. The molecule has 0 atom stereocenters. The summed E-state index contributed by atoms with van der Waals surface area (Å²) >= 11 is 0. The largest absolute Gasteiger partial charge is 0.248 e. The van der Waals surface area contributed by atoms with Crippen LogP contribution in [0, 0.1) is 11.8 Å². The van der Waals surface area contributed by atoms with Crippen LogP contribution in [-0.4, -0.2) is 4.98 Å². The molecular formula is C31H21N. The van der Waals surface area contributed by atoms with Crippen molar-refractivity contribution >= 4 is 0 Å². The standard InChI is InChI=1S/C31H21N/c1-4-10-24(11-5-1)16-17-25-18-20-26(21-19-25)29-22-30(27-12-6-2-7-13-27)32-31(23-29)28-14-8-3-9-15-28/h1-15,18-23H. The minimum atomic E-state index is 0.967. The molecule has 0 aliphatic rings. The number of nitrogens with zero attached hydrogens (tertiary/aromatic N) is 1. The van der Waals surface area contributed by atoms with Crippen molar-refractivity contribution in [1.82, 2.24) is 4.98 Å². The van der Waals surface area contributed by atoms with E-state index in [0.717, 1.165) is 44.8 Å². The molecule has 0 bridgehead atoms. The van der Waals surface area contributed by atoms with E-state index in [1.165, 1.54) is 0 Å². The third kappa shape index (κ3) is 4.51. The molecule has 0 fully saturated rings. The third-order valence-electron chi connectivity index (χ3n) is 5.31. The van der Waals surface area contributed by atoms with E-state index in [-0.39, 0.29) is 0 Å². The topological polar surface area (TPSA) is 12.9 Å². The Labute approximate surface area is 189 Å². The molecule has 1 nitrogen and oxygen atoms in total. The predicted molar refractivity (Wildman–Crippen MR) is 133 cm³/mol. The molecule has 1 aromatic heterocycles. The molecule has 32 heavy (non-hydrogen) atoms. The zero-order valence-corrected chi connectivity index (χ0v) is 17.6. The second-order valence-electron chi connectivity index (χ2n) is 7.55. The highest BCUT2D eigenvalue weighted by Gasteiger charge is 2.08. The molecule has 0 radical (unpaired) electrons. The average Bonchev–Trinajstić information content (AvgIpc) is 2.89. The van der Waals surface area contributed by atoms with Gasteiger partial charge in [-0.3, -0.25) is 0 Å². The maximum atomic E-state index is 4.96. The summed E-state index contributed by atoms with van der Waals surface area (Å²) in [4.78, 5) is 4.96. The van der Waals surface area contributed by atoms with E-state index in [9.17, 15) is 0 Å². The number of hydrogen-bond acceptors (Lipinski definition) is 1. The van der Waals surface area contributed by atoms with E-state index < -0.39 is 0 Å². The van der Waals surface area contributed by atoms with Gasteiger partial charge in [-0.1, -0.05) is 103 Å². The van der Waals surface area contributed by atoms with Crippen LogP contribution in [-0.2, 0) is 0 Å². The van der Waals surface area contributed by atoms with Crippen LogP contribution in [0.2, 0.25) is 0 Å². The zero-order valence-electron chi connectivity index (χ0n) is 17.6. The van der Waals surface area contributed by atoms with Gasteiger partial charge in [0.05, 0.1) is 11.4 Å². The van der Waals surface area contributed by atoms with E-state index in [1.807, 2.05) is 66.7 Å². The van der Waals surface area contributed by atoms with Crippen LogP contribution in [0.3, 0.4) is 0 Å². The normalized spacial score (nSPS) is 10.2. The average molecular weight is 408 g/mol. The zero-order chi connectivity index (χ0) is 21.6. The molecule has 5 aromatic rings. The number of rotatable bonds is 3. The summed E-state index contributed by atoms with van der Waals surface area (Å²) in [6.07, 6.45) is 0. The summed E-state index contributed by atoms with van der Waals surface area (Å²) in [5, 5.41) is 0. The molecule has 0 saturated carbocycles. The number of aromatic nitrogens is 1. The van der Waals surface area contributed by atoms with Gasteiger partial charge in [-0.2, -0.15) is 0 Å². The van der Waals surface area contributed by atoms with Gasteiger partial charge in [-0.05, 0) is 47.5 Å². The molecule has 0 aliphatic heterocycles. The molecule has 150 valence electrons. The van der Waals surface area contributed by atoms with Gasteiger partial charge in [-0.25, -0.2) is 4.98 Å². The van der Waals surface area contributed by atoms with Crippen LogP contribution in [0.25, 0.3) is 33.6 Å². The third-order valence-corrected chi connectivity index (χ3v) is 5.31. The summed E-state index contributed by atoms with van der Waals surface area (Å²) < 4.78 is 0. The van der Waals surface area contributed by atoms with Crippen molar-refractivity contribution in [2.24, 2.45) is 0 Å². The first-order valence-corrected chi connectivity index (χ1v) is 10.7. The van der Waals surface area contributed by atoms with Crippen LogP contribution in [0.4, 0.5) is 0 Å². The molecule has 0 saturated heterocycles. The summed E-state index contributed by atoms with van der Waals surface area (Å²) in [7, 11) is 0. The summed E-state index contributed by atoms with van der Waals surface area (Å²) in [6, 6.07) is 43.4. The van der Waals surface area contributed by atoms with Crippen LogP contribution >= 0.6 is 0 Å². The number of pyridine rings is 1. The van der Waals surface area contributed by atoms with Crippen molar-refractivity contribution in [3.8, 4) is 45.5 Å². The number of hydrogen-bond donors (Lipinski definition) is 0. The van der Waals surface area contributed by atoms with Crippen molar-refractivity contribution in [3.05, 3.63) is 139 Å². The van der Waals surface area contributed by atoms with Gasteiger partial charge in [-0.15, -0.1) is 0 Å². The van der Waals surface area contributed by atoms with Crippen LogP contribution in [0.15, 0.2) is 127 Å². The maximum Gasteiger partial charge on any atom is 0.0715 e. The highest BCUT2D eigenvalue weighted by atomic mass is 14.7. The Balaban J connectivity index is 1.53. The Kier molecular flexibility index (Phi) is 5.60. The molecule has 5 rings (SSSR count). The minimum Gasteiger partial charge on any atom is -0.248 e. The van der Waals surface area contributed by atoms with Crippen LogP contribution in [0.1, 0.15) is 11.1 Å². The fraction of sp³-hybridized carbons (Fsp3) is 0. The molecule has 0 N–H and O–H groups in total. The monoisotopic (exact) mass is 407 g/mol. The molecule has 1 heteroatoms. The van der Waals surface area contributed by atoms with Crippen LogP contribution < -0.4 is 0 Å². The van der Waals surface area contributed by atoms with Crippen LogP contribution in [0.5, 0.6) is 0 Å². The van der Waals surface area contributed by atoms with Crippen molar-refractivity contribution in [3.63, 3.8) is 0 Å². The molecule has 0 amide bonds. The fourth-order valence-electron chi connectivity index (χ4n) is 3.62. The van der Waals surface area contributed by atoms with E-state index in [0.29, 0.717) is 0 Å². The van der Waals surface area contributed by atoms with E-state index >= 15 is 0 Å². The lowest BCUT2D eigenvalue weighted by molar-refractivity contribution is 1.32. The van der Waals surface area contributed by atoms with Crippen molar-refractivity contribution in [2.75, 3.05) is 0 Å².